The Morgan fingerprint density at radius 2 is 2.19 bits per heavy atom. The minimum atomic E-state index is 0.683. The number of hydrogen-bond acceptors (Lipinski definition) is 2. The summed E-state index contributed by atoms with van der Waals surface area (Å²) in [6.07, 6.45) is 5.19. The summed E-state index contributed by atoms with van der Waals surface area (Å²) < 4.78 is 0. The van der Waals surface area contributed by atoms with Crippen LogP contribution in [0.4, 0.5) is 11.4 Å². The van der Waals surface area contributed by atoms with Crippen molar-refractivity contribution in [3.8, 4) is 0 Å². The van der Waals surface area contributed by atoms with Crippen molar-refractivity contribution in [2.45, 2.75) is 31.7 Å². The van der Waals surface area contributed by atoms with Crippen molar-refractivity contribution in [2.24, 2.45) is 0 Å². The van der Waals surface area contributed by atoms with Gasteiger partial charge in [0.15, 0.2) is 0 Å². The number of hydrogen-bond donors (Lipinski definition) is 1. The summed E-state index contributed by atoms with van der Waals surface area (Å²) in [6.45, 7) is 2.22. The Hall–Kier alpha value is -0.890. The maximum atomic E-state index is 6.35. The quantitative estimate of drug-likeness (QED) is 0.742. The van der Waals surface area contributed by atoms with Gasteiger partial charge in [0.1, 0.15) is 0 Å². The van der Waals surface area contributed by atoms with Crippen LogP contribution in [0, 0.1) is 0 Å². The molecule has 16 heavy (non-hydrogen) atoms. The lowest BCUT2D eigenvalue weighted by Gasteiger charge is -2.37. The zero-order chi connectivity index (χ0) is 11.0. The fourth-order valence-corrected chi connectivity index (χ4v) is 3.20. The van der Waals surface area contributed by atoms with E-state index >= 15 is 0 Å². The SMILES string of the molecule is Clc1cccc2c1N1CCCCC1CCN2. The Morgan fingerprint density at radius 3 is 3.12 bits per heavy atom. The molecule has 1 aromatic carbocycles. The van der Waals surface area contributed by atoms with E-state index in [1.165, 1.54) is 37.1 Å². The fourth-order valence-electron chi connectivity index (χ4n) is 2.92. The summed E-state index contributed by atoms with van der Waals surface area (Å²) in [6, 6.07) is 6.85. The van der Waals surface area contributed by atoms with Crippen molar-refractivity contribution in [2.75, 3.05) is 23.3 Å². The maximum absolute atomic E-state index is 6.35. The molecule has 0 radical (unpaired) electrons. The lowest BCUT2D eigenvalue weighted by Crippen LogP contribution is -2.39. The molecule has 2 aliphatic heterocycles. The molecule has 1 N–H and O–H groups in total. The number of piperidine rings is 1. The van der Waals surface area contributed by atoms with Gasteiger partial charge in [-0.15, -0.1) is 0 Å². The molecule has 0 spiro atoms. The Balaban J connectivity index is 2.06. The highest BCUT2D eigenvalue weighted by Crippen LogP contribution is 2.39. The van der Waals surface area contributed by atoms with E-state index in [9.17, 15) is 0 Å². The second-order valence-corrected chi connectivity index (χ2v) is 5.10. The zero-order valence-corrected chi connectivity index (χ0v) is 10.1. The minimum Gasteiger partial charge on any atom is -0.383 e. The van der Waals surface area contributed by atoms with Crippen molar-refractivity contribution in [1.29, 1.82) is 0 Å². The van der Waals surface area contributed by atoms with Crippen molar-refractivity contribution >= 4 is 23.0 Å². The Morgan fingerprint density at radius 1 is 1.25 bits per heavy atom. The molecule has 1 fully saturated rings. The molecule has 86 valence electrons. The summed E-state index contributed by atoms with van der Waals surface area (Å²) in [5.41, 5.74) is 2.43. The average Bonchev–Trinajstić information content (AvgIpc) is 2.49. The third-order valence-corrected chi connectivity index (χ3v) is 4.00. The van der Waals surface area contributed by atoms with E-state index < -0.39 is 0 Å². The zero-order valence-electron chi connectivity index (χ0n) is 9.38. The molecule has 0 amide bonds. The Bertz CT molecular complexity index is 392. The molecule has 2 heterocycles. The molecule has 1 unspecified atom stereocenters. The lowest BCUT2D eigenvalue weighted by molar-refractivity contribution is 0.450. The molecule has 1 aromatic rings. The van der Waals surface area contributed by atoms with Crippen molar-refractivity contribution in [1.82, 2.24) is 0 Å². The van der Waals surface area contributed by atoms with E-state index in [4.69, 9.17) is 11.6 Å². The number of nitrogens with zero attached hydrogens (tertiary/aromatic N) is 1. The molecule has 0 aliphatic carbocycles. The third kappa shape index (κ3) is 1.65. The van der Waals surface area contributed by atoms with Crippen LogP contribution < -0.4 is 10.2 Å². The summed E-state index contributed by atoms with van der Waals surface area (Å²) in [7, 11) is 0. The van der Waals surface area contributed by atoms with E-state index in [0.29, 0.717) is 6.04 Å². The van der Waals surface area contributed by atoms with Gasteiger partial charge in [-0.05, 0) is 37.8 Å². The second kappa shape index (κ2) is 4.17. The molecule has 0 aromatic heterocycles. The van der Waals surface area contributed by atoms with Gasteiger partial charge in [-0.1, -0.05) is 17.7 Å². The predicted molar refractivity (Wildman–Crippen MR) is 69.5 cm³/mol. The van der Waals surface area contributed by atoms with Crippen LogP contribution in [0.3, 0.4) is 0 Å². The van der Waals surface area contributed by atoms with Gasteiger partial charge in [-0.3, -0.25) is 0 Å². The molecular formula is C13H17ClN2. The van der Waals surface area contributed by atoms with E-state index in [0.717, 1.165) is 18.1 Å². The fraction of sp³-hybridized carbons (Fsp3) is 0.538. The minimum absolute atomic E-state index is 0.683. The summed E-state index contributed by atoms with van der Waals surface area (Å²) in [5, 5.41) is 4.38. The monoisotopic (exact) mass is 236 g/mol. The van der Waals surface area contributed by atoms with Crippen LogP contribution in [0.25, 0.3) is 0 Å². The van der Waals surface area contributed by atoms with Crippen LogP contribution in [0.15, 0.2) is 18.2 Å². The summed E-state index contributed by atoms with van der Waals surface area (Å²) in [5.74, 6) is 0. The van der Waals surface area contributed by atoms with Crippen molar-refractivity contribution in [3.63, 3.8) is 0 Å². The van der Waals surface area contributed by atoms with Crippen molar-refractivity contribution in [3.05, 3.63) is 23.2 Å². The molecule has 3 heteroatoms. The number of nitrogens with one attached hydrogen (secondary N) is 1. The van der Waals surface area contributed by atoms with E-state index in [2.05, 4.69) is 16.3 Å². The first kappa shape index (κ1) is 10.3. The van der Waals surface area contributed by atoms with Gasteiger partial charge in [0, 0.05) is 19.1 Å². The first-order valence-electron chi connectivity index (χ1n) is 6.15. The van der Waals surface area contributed by atoms with E-state index in [1.54, 1.807) is 0 Å². The van der Waals surface area contributed by atoms with Crippen LogP contribution in [-0.4, -0.2) is 19.1 Å². The lowest BCUT2D eigenvalue weighted by atomic mass is 9.99. The highest BCUT2D eigenvalue weighted by Gasteiger charge is 2.27. The molecule has 3 rings (SSSR count). The van der Waals surface area contributed by atoms with Gasteiger partial charge in [-0.2, -0.15) is 0 Å². The van der Waals surface area contributed by atoms with Gasteiger partial charge < -0.3 is 10.2 Å². The van der Waals surface area contributed by atoms with E-state index in [-0.39, 0.29) is 0 Å². The van der Waals surface area contributed by atoms with Gasteiger partial charge in [0.25, 0.3) is 0 Å². The smallest absolute Gasteiger partial charge is 0.0793 e. The van der Waals surface area contributed by atoms with Crippen LogP contribution in [0.2, 0.25) is 5.02 Å². The largest absolute Gasteiger partial charge is 0.383 e. The number of anilines is 2. The topological polar surface area (TPSA) is 15.3 Å². The van der Waals surface area contributed by atoms with Crippen LogP contribution in [-0.2, 0) is 0 Å². The van der Waals surface area contributed by atoms with E-state index in [1.807, 2.05) is 12.1 Å². The molecule has 0 bridgehead atoms. The van der Waals surface area contributed by atoms with Gasteiger partial charge in [-0.25, -0.2) is 0 Å². The predicted octanol–water partition coefficient (Wildman–Crippen LogP) is 3.51. The number of para-hydroxylation sites is 1. The Kier molecular flexibility index (Phi) is 2.68. The first-order chi connectivity index (χ1) is 7.86. The first-order valence-corrected chi connectivity index (χ1v) is 6.53. The number of benzene rings is 1. The Labute approximate surface area is 102 Å². The summed E-state index contributed by atoms with van der Waals surface area (Å²) in [4.78, 5) is 2.52. The molecular weight excluding hydrogens is 220 g/mol. The average molecular weight is 237 g/mol. The van der Waals surface area contributed by atoms with Gasteiger partial charge in [0.05, 0.1) is 16.4 Å². The highest BCUT2D eigenvalue weighted by molar-refractivity contribution is 6.34. The molecule has 0 saturated carbocycles. The molecule has 2 aliphatic rings. The number of rotatable bonds is 0. The standard InChI is InChI=1S/C13H17ClN2/c14-11-5-3-6-12-13(11)16-9-2-1-4-10(16)7-8-15-12/h3,5-6,10,15H,1-2,4,7-9H2. The van der Waals surface area contributed by atoms with Crippen LogP contribution in [0.1, 0.15) is 25.7 Å². The highest BCUT2D eigenvalue weighted by atomic mass is 35.5. The van der Waals surface area contributed by atoms with Crippen LogP contribution in [0.5, 0.6) is 0 Å². The number of fused-ring (bicyclic) bond motifs is 3. The van der Waals surface area contributed by atoms with Gasteiger partial charge in [0.2, 0.25) is 0 Å². The normalized spacial score (nSPS) is 24.1. The van der Waals surface area contributed by atoms with Crippen LogP contribution >= 0.6 is 11.6 Å². The second-order valence-electron chi connectivity index (χ2n) is 4.69. The molecule has 1 saturated heterocycles. The molecule has 1 atom stereocenters. The molecule has 2 nitrogen and oxygen atoms in total. The third-order valence-electron chi connectivity index (χ3n) is 3.69. The van der Waals surface area contributed by atoms with Gasteiger partial charge >= 0.3 is 0 Å². The van der Waals surface area contributed by atoms with Crippen molar-refractivity contribution < 1.29 is 0 Å². The maximum Gasteiger partial charge on any atom is 0.0793 e. The number of halogens is 1. The summed E-state index contributed by atoms with van der Waals surface area (Å²) >= 11 is 6.35.